The van der Waals surface area contributed by atoms with Gasteiger partial charge in [0, 0.05) is 11.1 Å². The average molecular weight is 235 g/mol. The molecule has 0 fully saturated rings. The molecule has 0 spiro atoms. The second-order valence-electron chi connectivity index (χ2n) is 2.98. The van der Waals surface area contributed by atoms with Gasteiger partial charge in [0.15, 0.2) is 0 Å². The molecular formula is C8H14ClF3S. The first kappa shape index (κ1) is 13.4. The summed E-state index contributed by atoms with van der Waals surface area (Å²) in [6.45, 7) is 3.82. The third-order valence-electron chi connectivity index (χ3n) is 1.85. The maximum atomic E-state index is 11.7. The molecule has 80 valence electrons. The van der Waals surface area contributed by atoms with Gasteiger partial charge in [-0.3, -0.25) is 0 Å². The van der Waals surface area contributed by atoms with Crippen LogP contribution in [0, 0.1) is 5.92 Å². The fourth-order valence-electron chi connectivity index (χ4n) is 0.944. The first-order valence-electron chi connectivity index (χ1n) is 4.21. The number of rotatable bonds is 5. The maximum absolute atomic E-state index is 11.7. The smallest absolute Gasteiger partial charge is 0.160 e. The van der Waals surface area contributed by atoms with E-state index in [0.717, 1.165) is 6.42 Å². The van der Waals surface area contributed by atoms with Crippen molar-refractivity contribution in [3.63, 3.8) is 0 Å². The van der Waals surface area contributed by atoms with Crippen molar-refractivity contribution in [3.05, 3.63) is 0 Å². The molecule has 0 N–H and O–H groups in total. The van der Waals surface area contributed by atoms with Gasteiger partial charge in [-0.1, -0.05) is 25.6 Å². The van der Waals surface area contributed by atoms with Gasteiger partial charge < -0.3 is 0 Å². The van der Waals surface area contributed by atoms with Crippen LogP contribution in [0.3, 0.4) is 0 Å². The minimum absolute atomic E-state index is 0.00571. The molecule has 0 rings (SSSR count). The van der Waals surface area contributed by atoms with Crippen LogP contribution in [0.4, 0.5) is 13.2 Å². The largest absolute Gasteiger partial charge is 0.441 e. The van der Waals surface area contributed by atoms with Crippen molar-refractivity contribution in [2.45, 2.75) is 37.6 Å². The van der Waals surface area contributed by atoms with E-state index in [0.29, 0.717) is 6.42 Å². The molecule has 2 unspecified atom stereocenters. The first-order chi connectivity index (χ1) is 5.87. The SMILES string of the molecule is CCC(Cl)C(C)CCSC(F)(F)F. The van der Waals surface area contributed by atoms with Crippen molar-refractivity contribution in [3.8, 4) is 0 Å². The normalized spacial score (nSPS) is 17.1. The van der Waals surface area contributed by atoms with Crippen LogP contribution in [0.2, 0.25) is 0 Å². The molecule has 0 aromatic carbocycles. The van der Waals surface area contributed by atoms with Crippen LogP contribution >= 0.6 is 23.4 Å². The summed E-state index contributed by atoms with van der Waals surface area (Å²) in [7, 11) is 0. The van der Waals surface area contributed by atoms with Crippen LogP contribution in [-0.2, 0) is 0 Å². The zero-order valence-electron chi connectivity index (χ0n) is 7.70. The molecule has 5 heteroatoms. The fraction of sp³-hybridized carbons (Fsp3) is 1.00. The van der Waals surface area contributed by atoms with Crippen molar-refractivity contribution < 1.29 is 13.2 Å². The van der Waals surface area contributed by atoms with Gasteiger partial charge in [-0.2, -0.15) is 13.2 Å². The van der Waals surface area contributed by atoms with Crippen LogP contribution in [0.1, 0.15) is 26.7 Å². The number of hydrogen-bond donors (Lipinski definition) is 0. The van der Waals surface area contributed by atoms with Gasteiger partial charge in [0.05, 0.1) is 0 Å². The van der Waals surface area contributed by atoms with Gasteiger partial charge in [0.25, 0.3) is 0 Å². The molecule has 0 bridgehead atoms. The Morgan fingerprint density at radius 1 is 1.38 bits per heavy atom. The lowest BCUT2D eigenvalue weighted by Crippen LogP contribution is -2.12. The van der Waals surface area contributed by atoms with Crippen molar-refractivity contribution in [2.24, 2.45) is 5.92 Å². The molecule has 0 amide bonds. The molecule has 2 atom stereocenters. The Bertz CT molecular complexity index is 138. The summed E-state index contributed by atoms with van der Waals surface area (Å²) in [5, 5.41) is -0.00571. The molecule has 0 nitrogen and oxygen atoms in total. The molecular weight excluding hydrogens is 221 g/mol. The highest BCUT2D eigenvalue weighted by Gasteiger charge is 2.28. The van der Waals surface area contributed by atoms with E-state index in [4.69, 9.17) is 11.6 Å². The number of thioether (sulfide) groups is 1. The summed E-state index contributed by atoms with van der Waals surface area (Å²) in [4.78, 5) is 0. The Morgan fingerprint density at radius 2 is 1.92 bits per heavy atom. The van der Waals surface area contributed by atoms with Crippen LogP contribution < -0.4 is 0 Å². The molecule has 0 aliphatic heterocycles. The Kier molecular flexibility index (Phi) is 6.21. The summed E-state index contributed by atoms with van der Waals surface area (Å²) in [5.74, 6) is 0.259. The predicted octanol–water partition coefficient (Wildman–Crippen LogP) is 4.28. The molecule has 0 heterocycles. The minimum atomic E-state index is -4.10. The molecule has 0 aromatic rings. The average Bonchev–Trinajstić information content (AvgIpc) is 2.00. The van der Waals surface area contributed by atoms with Crippen molar-refractivity contribution in [2.75, 3.05) is 5.75 Å². The second-order valence-corrected chi connectivity index (χ2v) is 4.70. The topological polar surface area (TPSA) is 0 Å². The number of hydrogen-bond acceptors (Lipinski definition) is 1. The summed E-state index contributed by atoms with van der Waals surface area (Å²) in [6, 6.07) is 0. The van der Waals surface area contributed by atoms with E-state index < -0.39 is 5.51 Å². The minimum Gasteiger partial charge on any atom is -0.160 e. The van der Waals surface area contributed by atoms with E-state index >= 15 is 0 Å². The van der Waals surface area contributed by atoms with Crippen LogP contribution in [0.15, 0.2) is 0 Å². The highest BCUT2D eigenvalue weighted by Crippen LogP contribution is 2.32. The van der Waals surface area contributed by atoms with E-state index in [-0.39, 0.29) is 28.8 Å². The third-order valence-corrected chi connectivity index (χ3v) is 3.35. The van der Waals surface area contributed by atoms with E-state index in [1.54, 1.807) is 0 Å². The quantitative estimate of drug-likeness (QED) is 0.640. The highest BCUT2D eigenvalue weighted by molar-refractivity contribution is 8.00. The fourth-order valence-corrected chi connectivity index (χ4v) is 1.79. The summed E-state index contributed by atoms with van der Waals surface area (Å²) >= 11 is 5.91. The van der Waals surface area contributed by atoms with Crippen molar-refractivity contribution in [1.29, 1.82) is 0 Å². The zero-order chi connectivity index (χ0) is 10.5. The van der Waals surface area contributed by atoms with Crippen molar-refractivity contribution in [1.82, 2.24) is 0 Å². The monoisotopic (exact) mass is 234 g/mol. The molecule has 0 saturated heterocycles. The standard InChI is InChI=1S/C8H14ClF3S/c1-3-7(9)6(2)4-5-13-8(10,11)12/h6-7H,3-5H2,1-2H3. The summed E-state index contributed by atoms with van der Waals surface area (Å²) in [5.41, 5.74) is -4.10. The Hall–Kier alpha value is 0.430. The first-order valence-corrected chi connectivity index (χ1v) is 5.63. The lowest BCUT2D eigenvalue weighted by atomic mass is 10.0. The van der Waals surface area contributed by atoms with Gasteiger partial charge in [-0.15, -0.1) is 11.6 Å². The van der Waals surface area contributed by atoms with Crippen molar-refractivity contribution >= 4 is 23.4 Å². The Morgan fingerprint density at radius 3 is 2.31 bits per heavy atom. The van der Waals surface area contributed by atoms with E-state index in [1.165, 1.54) is 0 Å². The summed E-state index contributed by atoms with van der Waals surface area (Å²) in [6.07, 6.45) is 1.32. The Labute approximate surface area is 86.2 Å². The molecule has 0 radical (unpaired) electrons. The number of halogens is 4. The second kappa shape index (κ2) is 6.02. The predicted molar refractivity (Wildman–Crippen MR) is 52.2 cm³/mol. The summed E-state index contributed by atoms with van der Waals surface area (Å²) < 4.78 is 35.2. The van der Waals surface area contributed by atoms with Gasteiger partial charge in [-0.05, 0) is 18.8 Å². The molecule has 13 heavy (non-hydrogen) atoms. The van der Waals surface area contributed by atoms with Gasteiger partial charge in [0.1, 0.15) is 0 Å². The molecule has 0 aliphatic rings. The van der Waals surface area contributed by atoms with Crippen LogP contribution in [0.25, 0.3) is 0 Å². The third kappa shape index (κ3) is 7.50. The molecule has 0 aliphatic carbocycles. The van der Waals surface area contributed by atoms with Gasteiger partial charge in [-0.25, -0.2) is 0 Å². The lowest BCUT2D eigenvalue weighted by Gasteiger charge is -2.16. The van der Waals surface area contributed by atoms with E-state index in [2.05, 4.69) is 0 Å². The number of alkyl halides is 4. The van der Waals surface area contributed by atoms with Gasteiger partial charge >= 0.3 is 5.51 Å². The lowest BCUT2D eigenvalue weighted by molar-refractivity contribution is -0.0328. The zero-order valence-corrected chi connectivity index (χ0v) is 9.27. The van der Waals surface area contributed by atoms with Crippen LogP contribution in [-0.4, -0.2) is 16.6 Å². The van der Waals surface area contributed by atoms with E-state index in [1.807, 2.05) is 13.8 Å². The molecule has 0 saturated carbocycles. The Balaban J connectivity index is 3.53. The maximum Gasteiger partial charge on any atom is 0.441 e. The van der Waals surface area contributed by atoms with E-state index in [9.17, 15) is 13.2 Å². The highest BCUT2D eigenvalue weighted by atomic mass is 35.5. The molecule has 0 aromatic heterocycles. The van der Waals surface area contributed by atoms with Gasteiger partial charge in [0.2, 0.25) is 0 Å². The van der Waals surface area contributed by atoms with Crippen LogP contribution in [0.5, 0.6) is 0 Å².